The highest BCUT2D eigenvalue weighted by atomic mass is 31.1. The van der Waals surface area contributed by atoms with Gasteiger partial charge >= 0.3 is 0 Å². The largest absolute Gasteiger partial charge is 0.245 e. The van der Waals surface area contributed by atoms with E-state index in [1.807, 2.05) is 13.8 Å². The van der Waals surface area contributed by atoms with Crippen LogP contribution < -0.4 is 0 Å². The maximum atomic E-state index is 8.73. The zero-order chi connectivity index (χ0) is 4.99. The maximum absolute atomic E-state index is 8.73. The van der Waals surface area contributed by atoms with Gasteiger partial charge in [-0.1, -0.05) is 13.8 Å². The quantitative estimate of drug-likeness (QED) is 0.430. The number of nitrogens with zero attached hydrogens (tertiary/aromatic N) is 1. The van der Waals surface area contributed by atoms with Crippen LogP contribution in [0.1, 0.15) is 13.8 Å². The topological polar surface area (TPSA) is 23.8 Å². The lowest BCUT2D eigenvalue weighted by Gasteiger charge is -1.80. The number of hydrogen-bond donors (Lipinski definition) is 0. The Morgan fingerprint density at radius 1 is 1.33 bits per heavy atom. The van der Waals surface area contributed by atoms with Crippen molar-refractivity contribution in [1.29, 1.82) is 5.00 Å². The molecule has 0 saturated heterocycles. The molecule has 0 rings (SSSR count). The van der Waals surface area contributed by atoms with Crippen LogP contribution in [0.5, 0.6) is 0 Å². The van der Waals surface area contributed by atoms with Crippen LogP contribution in [0.4, 0.5) is 0 Å². The van der Waals surface area contributed by atoms with Crippen molar-refractivity contribution in [1.82, 2.24) is 0 Å². The zero-order valence-electron chi connectivity index (χ0n) is 4.31. The Kier molecular flexibility index (Phi) is 3.21. The Balaban J connectivity index is 3.08. The molecule has 0 radical (unpaired) electrons. The summed E-state index contributed by atoms with van der Waals surface area (Å²) in [4.78, 5) is 0. The lowest BCUT2D eigenvalue weighted by atomic mass is 11.0. The molecule has 6 heavy (non-hydrogen) atoms. The molecule has 0 spiro atoms. The number of hydrogen-bond acceptors (Lipinski definition) is 1. The monoisotopic (exact) mass is 103 g/mol. The molecular formula is C4H10NP. The third kappa shape index (κ3) is 2.26. The van der Waals surface area contributed by atoms with Crippen LogP contribution >= 0.6 is 7.56 Å². The molecular weight excluding hydrogens is 93.0 g/mol. The van der Waals surface area contributed by atoms with E-state index >= 15 is 0 Å². The first-order valence-electron chi connectivity index (χ1n) is 2.25. The predicted octanol–water partition coefficient (Wildman–Crippen LogP) is 1.99. The van der Waals surface area contributed by atoms with E-state index in [0.29, 0.717) is 0 Å². The van der Waals surface area contributed by atoms with Gasteiger partial charge in [-0.3, -0.25) is 0 Å². The van der Waals surface area contributed by atoms with Gasteiger partial charge in [0.2, 0.25) is 0 Å². The van der Waals surface area contributed by atoms with Crippen molar-refractivity contribution >= 4 is 7.56 Å². The van der Waals surface area contributed by atoms with Crippen LogP contribution in [0.25, 0.3) is 0 Å². The van der Waals surface area contributed by atoms with Gasteiger partial charge in [-0.25, -0.2) is 5.00 Å². The number of rotatable bonds is 0. The van der Waals surface area contributed by atoms with Crippen molar-refractivity contribution in [2.75, 3.05) is 12.3 Å². The van der Waals surface area contributed by atoms with Gasteiger partial charge in [0, 0.05) is 19.9 Å². The Morgan fingerprint density at radius 2 is 1.67 bits per heavy atom. The molecule has 0 heterocycles. The summed E-state index contributed by atoms with van der Waals surface area (Å²) in [5.41, 5.74) is 0. The van der Waals surface area contributed by atoms with E-state index < -0.39 is 7.56 Å². The van der Waals surface area contributed by atoms with Crippen molar-refractivity contribution < 1.29 is 0 Å². The first kappa shape index (κ1) is 6.01. The SMILES string of the molecule is CCP(#N)CC. The van der Waals surface area contributed by atoms with Crippen LogP contribution in [-0.4, -0.2) is 12.3 Å². The normalized spacial score (nSPS) is 8.17. The summed E-state index contributed by atoms with van der Waals surface area (Å²) in [5.74, 6) is 0. The van der Waals surface area contributed by atoms with Gasteiger partial charge in [0.15, 0.2) is 0 Å². The third-order valence-corrected chi connectivity index (χ3v) is 2.19. The molecule has 0 aliphatic heterocycles. The van der Waals surface area contributed by atoms with Crippen LogP contribution in [0, 0.1) is 5.00 Å². The van der Waals surface area contributed by atoms with E-state index in [9.17, 15) is 0 Å². The zero-order valence-corrected chi connectivity index (χ0v) is 5.20. The molecule has 0 bridgehead atoms. The second-order valence-corrected chi connectivity index (χ2v) is 3.42. The van der Waals surface area contributed by atoms with E-state index in [1.54, 1.807) is 0 Å². The molecule has 0 aromatic carbocycles. The van der Waals surface area contributed by atoms with Gasteiger partial charge in [-0.15, -0.1) is 0 Å². The predicted molar refractivity (Wildman–Crippen MR) is 29.7 cm³/mol. The van der Waals surface area contributed by atoms with Crippen molar-refractivity contribution in [3.8, 4) is 0 Å². The van der Waals surface area contributed by atoms with Crippen molar-refractivity contribution in [2.45, 2.75) is 13.8 Å². The highest BCUT2D eigenvalue weighted by Gasteiger charge is 1.80. The van der Waals surface area contributed by atoms with E-state index in [0.717, 1.165) is 12.3 Å². The standard InChI is InChI=1S/C4H10NP/c1-3-6(5)4-2/h3-4H2,1-2H3. The van der Waals surface area contributed by atoms with E-state index in [2.05, 4.69) is 0 Å². The van der Waals surface area contributed by atoms with E-state index in [4.69, 9.17) is 5.00 Å². The van der Waals surface area contributed by atoms with Crippen molar-refractivity contribution in [3.63, 3.8) is 0 Å². The summed E-state index contributed by atoms with van der Waals surface area (Å²) in [6.45, 7) is 4.02. The fraction of sp³-hybridized carbons (Fsp3) is 1.00. The Hall–Kier alpha value is 0.0100. The minimum absolute atomic E-state index is 0.576. The van der Waals surface area contributed by atoms with Crippen molar-refractivity contribution in [2.24, 2.45) is 0 Å². The van der Waals surface area contributed by atoms with Gasteiger partial charge in [-0.05, 0) is 0 Å². The summed E-state index contributed by atoms with van der Waals surface area (Å²) in [7, 11) is -0.576. The van der Waals surface area contributed by atoms with E-state index in [-0.39, 0.29) is 0 Å². The highest BCUT2D eigenvalue weighted by Crippen LogP contribution is 2.12. The second kappa shape index (κ2) is 3.21. The highest BCUT2D eigenvalue weighted by molar-refractivity contribution is 7.43. The smallest absolute Gasteiger partial charge is 0.0433 e. The third-order valence-electron chi connectivity index (χ3n) is 0.730. The summed E-state index contributed by atoms with van der Waals surface area (Å²) < 4.78 is 0. The van der Waals surface area contributed by atoms with Crippen LogP contribution in [0.2, 0.25) is 0 Å². The Labute approximate surface area is 39.7 Å². The molecule has 0 saturated carbocycles. The average molecular weight is 103 g/mol. The van der Waals surface area contributed by atoms with Gasteiger partial charge in [0.25, 0.3) is 0 Å². The Bertz CT molecular complexity index is 71.3. The summed E-state index contributed by atoms with van der Waals surface area (Å²) in [6.07, 6.45) is 1.90. The lowest BCUT2D eigenvalue weighted by Crippen LogP contribution is -1.64. The van der Waals surface area contributed by atoms with Gasteiger partial charge in [0.05, 0.1) is 0 Å². The lowest BCUT2D eigenvalue weighted by molar-refractivity contribution is 1.40. The molecule has 0 fully saturated rings. The Morgan fingerprint density at radius 3 is 1.67 bits per heavy atom. The second-order valence-electron chi connectivity index (χ2n) is 1.14. The average Bonchev–Trinajstić information content (AvgIpc) is 1.65. The minimum atomic E-state index is -0.576. The molecule has 1 nitrogen and oxygen atoms in total. The molecule has 2 heteroatoms. The summed E-state index contributed by atoms with van der Waals surface area (Å²) in [6, 6.07) is 0. The summed E-state index contributed by atoms with van der Waals surface area (Å²) in [5, 5.41) is 8.73. The van der Waals surface area contributed by atoms with Crippen LogP contribution in [0.3, 0.4) is 0 Å². The molecule has 0 aliphatic carbocycles. The molecule has 0 N–H and O–H groups in total. The van der Waals surface area contributed by atoms with Gasteiger partial charge in [-0.2, -0.15) is 0 Å². The van der Waals surface area contributed by atoms with Crippen LogP contribution in [-0.2, 0) is 0 Å². The molecule has 0 amide bonds. The van der Waals surface area contributed by atoms with Gasteiger partial charge in [0.1, 0.15) is 0 Å². The first-order valence-corrected chi connectivity index (χ1v) is 3.91. The molecule has 0 aromatic heterocycles. The summed E-state index contributed by atoms with van der Waals surface area (Å²) >= 11 is 0. The maximum Gasteiger partial charge on any atom is 0.0433 e. The molecule has 36 valence electrons. The first-order chi connectivity index (χ1) is 2.81. The molecule has 0 aromatic rings. The molecule has 0 atom stereocenters. The van der Waals surface area contributed by atoms with Crippen LogP contribution in [0.15, 0.2) is 0 Å². The fourth-order valence-corrected chi connectivity index (χ4v) is 0.671. The van der Waals surface area contributed by atoms with Crippen molar-refractivity contribution in [3.05, 3.63) is 0 Å². The fourth-order valence-electron chi connectivity index (χ4n) is 0.224. The molecule has 0 unspecified atom stereocenters. The minimum Gasteiger partial charge on any atom is -0.245 e. The van der Waals surface area contributed by atoms with Gasteiger partial charge < -0.3 is 0 Å². The molecule has 0 aliphatic rings. The van der Waals surface area contributed by atoms with E-state index in [1.165, 1.54) is 0 Å².